The number of carbonyl (C=O) groups excluding carboxylic acids is 1. The van der Waals surface area contributed by atoms with Gasteiger partial charge in [-0.2, -0.15) is 0 Å². The molecule has 1 saturated carbocycles. The number of aryl methyl sites for hydroxylation is 2. The third kappa shape index (κ3) is 3.05. The SMILES string of the molecule is CCC(C)C(C)N(C(=O)c1ccc(C)c(C)c1)C1CC1. The molecule has 0 saturated heterocycles. The highest BCUT2D eigenvalue weighted by molar-refractivity contribution is 5.95. The molecule has 1 fully saturated rings. The molecular formula is C18H27NO. The van der Waals surface area contributed by atoms with Crippen molar-refractivity contribution in [2.45, 2.75) is 66.0 Å². The molecule has 2 unspecified atom stereocenters. The summed E-state index contributed by atoms with van der Waals surface area (Å²) < 4.78 is 0. The second kappa shape index (κ2) is 5.99. The van der Waals surface area contributed by atoms with Gasteiger partial charge in [0.2, 0.25) is 0 Å². The molecule has 1 aliphatic rings. The normalized spacial score (nSPS) is 17.6. The standard InChI is InChI=1S/C18H27NO/c1-6-12(2)15(5)19(17-9-10-17)18(20)16-8-7-13(3)14(4)11-16/h7-8,11-12,15,17H,6,9-10H2,1-5H3. The Kier molecular flexibility index (Phi) is 4.52. The molecule has 2 heteroatoms. The fraction of sp³-hybridized carbons (Fsp3) is 0.611. The molecule has 1 aliphatic carbocycles. The van der Waals surface area contributed by atoms with E-state index < -0.39 is 0 Å². The van der Waals surface area contributed by atoms with E-state index in [1.54, 1.807) is 0 Å². The van der Waals surface area contributed by atoms with Crippen LogP contribution < -0.4 is 0 Å². The second-order valence-corrected chi connectivity index (χ2v) is 6.37. The van der Waals surface area contributed by atoms with Gasteiger partial charge in [-0.05, 0) is 62.8 Å². The summed E-state index contributed by atoms with van der Waals surface area (Å²) >= 11 is 0. The number of benzene rings is 1. The molecule has 2 rings (SSSR count). The minimum absolute atomic E-state index is 0.211. The Morgan fingerprint density at radius 2 is 1.90 bits per heavy atom. The van der Waals surface area contributed by atoms with Crippen LogP contribution in [-0.4, -0.2) is 22.9 Å². The number of hydrogen-bond donors (Lipinski definition) is 0. The molecule has 0 aliphatic heterocycles. The predicted molar refractivity (Wildman–Crippen MR) is 84.0 cm³/mol. The summed E-state index contributed by atoms with van der Waals surface area (Å²) in [6.45, 7) is 10.8. The Bertz CT molecular complexity index is 490. The molecule has 0 spiro atoms. The second-order valence-electron chi connectivity index (χ2n) is 6.37. The van der Waals surface area contributed by atoms with Gasteiger partial charge >= 0.3 is 0 Å². The lowest BCUT2D eigenvalue weighted by atomic mass is 9.97. The van der Waals surface area contributed by atoms with Crippen molar-refractivity contribution < 1.29 is 4.79 Å². The lowest BCUT2D eigenvalue weighted by Crippen LogP contribution is -2.43. The van der Waals surface area contributed by atoms with E-state index in [-0.39, 0.29) is 5.91 Å². The summed E-state index contributed by atoms with van der Waals surface area (Å²) in [5.41, 5.74) is 3.28. The molecule has 2 nitrogen and oxygen atoms in total. The van der Waals surface area contributed by atoms with E-state index in [0.717, 1.165) is 24.8 Å². The van der Waals surface area contributed by atoms with Crippen LogP contribution in [0.15, 0.2) is 18.2 Å². The molecule has 1 aromatic carbocycles. The number of rotatable bonds is 5. The van der Waals surface area contributed by atoms with E-state index in [0.29, 0.717) is 18.0 Å². The summed E-state index contributed by atoms with van der Waals surface area (Å²) in [6, 6.07) is 6.86. The van der Waals surface area contributed by atoms with Crippen molar-refractivity contribution in [1.82, 2.24) is 4.90 Å². The molecule has 0 heterocycles. The van der Waals surface area contributed by atoms with Crippen LogP contribution in [0.4, 0.5) is 0 Å². The Morgan fingerprint density at radius 3 is 2.40 bits per heavy atom. The lowest BCUT2D eigenvalue weighted by Gasteiger charge is -2.33. The Labute approximate surface area is 123 Å². The number of amides is 1. The monoisotopic (exact) mass is 273 g/mol. The van der Waals surface area contributed by atoms with E-state index in [1.165, 1.54) is 11.1 Å². The minimum Gasteiger partial charge on any atom is -0.333 e. The fourth-order valence-corrected chi connectivity index (χ4v) is 2.67. The van der Waals surface area contributed by atoms with Crippen molar-refractivity contribution in [1.29, 1.82) is 0 Å². The fourth-order valence-electron chi connectivity index (χ4n) is 2.67. The molecule has 0 N–H and O–H groups in total. The smallest absolute Gasteiger partial charge is 0.254 e. The topological polar surface area (TPSA) is 20.3 Å². The van der Waals surface area contributed by atoms with Gasteiger partial charge in [-0.25, -0.2) is 0 Å². The predicted octanol–water partition coefficient (Wildman–Crippen LogP) is 4.34. The van der Waals surface area contributed by atoms with E-state index in [1.807, 2.05) is 12.1 Å². The quantitative estimate of drug-likeness (QED) is 0.781. The first-order valence-electron chi connectivity index (χ1n) is 7.85. The first-order chi connectivity index (χ1) is 9.45. The summed E-state index contributed by atoms with van der Waals surface area (Å²) in [6.07, 6.45) is 3.44. The van der Waals surface area contributed by atoms with Crippen LogP contribution in [0.5, 0.6) is 0 Å². The lowest BCUT2D eigenvalue weighted by molar-refractivity contribution is 0.0615. The zero-order chi connectivity index (χ0) is 14.9. The van der Waals surface area contributed by atoms with Gasteiger partial charge in [-0.1, -0.05) is 26.3 Å². The minimum atomic E-state index is 0.211. The zero-order valence-corrected chi connectivity index (χ0v) is 13.4. The maximum atomic E-state index is 12.9. The third-order valence-corrected chi connectivity index (χ3v) is 4.83. The van der Waals surface area contributed by atoms with E-state index in [4.69, 9.17) is 0 Å². The molecule has 1 amide bonds. The average molecular weight is 273 g/mol. The summed E-state index contributed by atoms with van der Waals surface area (Å²) in [4.78, 5) is 15.0. The molecular weight excluding hydrogens is 246 g/mol. The van der Waals surface area contributed by atoms with Crippen LogP contribution >= 0.6 is 0 Å². The number of hydrogen-bond acceptors (Lipinski definition) is 1. The van der Waals surface area contributed by atoms with Crippen molar-refractivity contribution >= 4 is 5.91 Å². The van der Waals surface area contributed by atoms with Gasteiger partial charge in [0.05, 0.1) is 0 Å². The highest BCUT2D eigenvalue weighted by atomic mass is 16.2. The van der Waals surface area contributed by atoms with Gasteiger partial charge in [0.15, 0.2) is 0 Å². The molecule has 2 atom stereocenters. The van der Waals surface area contributed by atoms with Gasteiger partial charge in [-0.15, -0.1) is 0 Å². The van der Waals surface area contributed by atoms with Gasteiger partial charge in [0.25, 0.3) is 5.91 Å². The highest BCUT2D eigenvalue weighted by Crippen LogP contribution is 2.32. The number of carbonyl (C=O) groups is 1. The molecule has 0 bridgehead atoms. The first kappa shape index (κ1) is 15.1. The van der Waals surface area contributed by atoms with Crippen LogP contribution in [0.25, 0.3) is 0 Å². The van der Waals surface area contributed by atoms with E-state index >= 15 is 0 Å². The van der Waals surface area contributed by atoms with Gasteiger partial charge in [0, 0.05) is 17.6 Å². The largest absolute Gasteiger partial charge is 0.333 e. The first-order valence-corrected chi connectivity index (χ1v) is 7.85. The molecule has 20 heavy (non-hydrogen) atoms. The Hall–Kier alpha value is -1.31. The molecule has 0 radical (unpaired) electrons. The average Bonchev–Trinajstić information content (AvgIpc) is 3.25. The summed E-state index contributed by atoms with van der Waals surface area (Å²) in [5.74, 6) is 0.759. The third-order valence-electron chi connectivity index (χ3n) is 4.83. The number of nitrogens with zero attached hydrogens (tertiary/aromatic N) is 1. The van der Waals surface area contributed by atoms with E-state index in [2.05, 4.69) is 45.6 Å². The van der Waals surface area contributed by atoms with Gasteiger partial charge < -0.3 is 4.90 Å². The Balaban J connectivity index is 2.24. The van der Waals surface area contributed by atoms with Gasteiger partial charge in [-0.3, -0.25) is 4.79 Å². The van der Waals surface area contributed by atoms with Crippen molar-refractivity contribution in [3.8, 4) is 0 Å². The molecule has 1 aromatic rings. The highest BCUT2D eigenvalue weighted by Gasteiger charge is 2.37. The Morgan fingerprint density at radius 1 is 1.25 bits per heavy atom. The molecule has 0 aromatic heterocycles. The van der Waals surface area contributed by atoms with Crippen LogP contribution in [0.1, 0.15) is 61.5 Å². The summed E-state index contributed by atoms with van der Waals surface area (Å²) in [5, 5.41) is 0. The van der Waals surface area contributed by atoms with Crippen LogP contribution in [0.3, 0.4) is 0 Å². The maximum absolute atomic E-state index is 12.9. The van der Waals surface area contributed by atoms with Crippen LogP contribution in [-0.2, 0) is 0 Å². The van der Waals surface area contributed by atoms with E-state index in [9.17, 15) is 4.79 Å². The molecule has 110 valence electrons. The van der Waals surface area contributed by atoms with Crippen molar-refractivity contribution in [3.63, 3.8) is 0 Å². The van der Waals surface area contributed by atoms with Crippen LogP contribution in [0.2, 0.25) is 0 Å². The maximum Gasteiger partial charge on any atom is 0.254 e. The van der Waals surface area contributed by atoms with Crippen LogP contribution in [0, 0.1) is 19.8 Å². The van der Waals surface area contributed by atoms with Crippen molar-refractivity contribution in [2.24, 2.45) is 5.92 Å². The summed E-state index contributed by atoms with van der Waals surface area (Å²) in [7, 11) is 0. The van der Waals surface area contributed by atoms with Gasteiger partial charge in [0.1, 0.15) is 0 Å². The van der Waals surface area contributed by atoms with Crippen molar-refractivity contribution in [2.75, 3.05) is 0 Å². The van der Waals surface area contributed by atoms with Crippen molar-refractivity contribution in [3.05, 3.63) is 34.9 Å². The zero-order valence-electron chi connectivity index (χ0n) is 13.4.